The second kappa shape index (κ2) is 8.69. The number of hydrogen-bond acceptors (Lipinski definition) is 1. The Morgan fingerprint density at radius 2 is 1.50 bits per heavy atom. The molecule has 4 bridgehead atoms. The van der Waals surface area contributed by atoms with Crippen LogP contribution in [-0.2, 0) is 17.6 Å². The summed E-state index contributed by atoms with van der Waals surface area (Å²) in [5, 5.41) is 3.06. The lowest BCUT2D eigenvalue weighted by atomic mass is 9.77. The molecule has 1 amide bonds. The average molecular weight is 328 g/mol. The number of anilines is 1. The summed E-state index contributed by atoms with van der Waals surface area (Å²) in [6.45, 7) is 1.61. The Bertz CT molecular complexity index is 543. The summed E-state index contributed by atoms with van der Waals surface area (Å²) in [5.74, 6) is 2.01. The third kappa shape index (κ3) is 5.09. The molecule has 2 heteroatoms. The van der Waals surface area contributed by atoms with Crippen LogP contribution in [0.2, 0.25) is 0 Å². The predicted octanol–water partition coefficient (Wildman–Crippen LogP) is 5.89. The molecular formula is C22H33NO. The van der Waals surface area contributed by atoms with E-state index in [4.69, 9.17) is 0 Å². The fourth-order valence-electron chi connectivity index (χ4n) is 4.62. The van der Waals surface area contributed by atoms with Crippen molar-refractivity contribution < 1.29 is 4.79 Å². The molecule has 5 aliphatic carbocycles. The predicted molar refractivity (Wildman–Crippen MR) is 101 cm³/mol. The molecule has 24 heavy (non-hydrogen) atoms. The highest BCUT2D eigenvalue weighted by Gasteiger charge is 2.20. The molecule has 0 heterocycles. The van der Waals surface area contributed by atoms with Crippen molar-refractivity contribution in [2.45, 2.75) is 84.0 Å². The van der Waals surface area contributed by atoms with Gasteiger partial charge >= 0.3 is 0 Å². The van der Waals surface area contributed by atoms with Crippen LogP contribution in [0.1, 0.15) is 82.3 Å². The molecule has 1 aromatic rings. The third-order valence-electron chi connectivity index (χ3n) is 6.09. The lowest BCUT2D eigenvalue weighted by molar-refractivity contribution is -0.114. The van der Waals surface area contributed by atoms with Gasteiger partial charge in [-0.25, -0.2) is 0 Å². The normalized spacial score (nSPS) is 25.5. The van der Waals surface area contributed by atoms with Crippen LogP contribution in [0.15, 0.2) is 18.2 Å². The van der Waals surface area contributed by atoms with Crippen LogP contribution in [0.25, 0.3) is 0 Å². The first kappa shape index (κ1) is 17.5. The summed E-state index contributed by atoms with van der Waals surface area (Å²) >= 11 is 0. The van der Waals surface area contributed by atoms with Crippen LogP contribution in [-0.4, -0.2) is 5.91 Å². The smallest absolute Gasteiger partial charge is 0.221 e. The van der Waals surface area contributed by atoms with Crippen LogP contribution in [0.3, 0.4) is 0 Å². The third-order valence-corrected chi connectivity index (χ3v) is 6.09. The summed E-state index contributed by atoms with van der Waals surface area (Å²) in [4.78, 5) is 11.5. The molecule has 0 aromatic heterocycles. The number of hydrogen-bond donors (Lipinski definition) is 1. The van der Waals surface area contributed by atoms with Gasteiger partial charge in [0.05, 0.1) is 0 Å². The number of rotatable bonds is 1. The monoisotopic (exact) mass is 327 g/mol. The number of benzene rings is 1. The first-order valence-corrected chi connectivity index (χ1v) is 10.1. The summed E-state index contributed by atoms with van der Waals surface area (Å²) in [5.41, 5.74) is 3.73. The molecule has 0 aliphatic heterocycles. The van der Waals surface area contributed by atoms with E-state index in [9.17, 15) is 4.79 Å². The number of nitrogens with one attached hydrogen (secondary N) is 1. The van der Waals surface area contributed by atoms with Gasteiger partial charge in [0.1, 0.15) is 0 Å². The van der Waals surface area contributed by atoms with E-state index < -0.39 is 0 Å². The van der Waals surface area contributed by atoms with Gasteiger partial charge < -0.3 is 5.32 Å². The fraction of sp³-hybridized carbons (Fsp3) is 0.682. The summed E-state index contributed by atoms with van der Waals surface area (Å²) in [6, 6.07) is 6.74. The molecular weight excluding hydrogens is 294 g/mol. The van der Waals surface area contributed by atoms with E-state index in [0.717, 1.165) is 30.4 Å². The van der Waals surface area contributed by atoms with Gasteiger partial charge in [-0.2, -0.15) is 0 Å². The Balaban J connectivity index is 1.70. The summed E-state index contributed by atoms with van der Waals surface area (Å²) in [6.07, 6.45) is 16.1. The maximum atomic E-state index is 11.5. The largest absolute Gasteiger partial charge is 0.326 e. The van der Waals surface area contributed by atoms with Crippen molar-refractivity contribution >= 4 is 11.6 Å². The van der Waals surface area contributed by atoms with E-state index in [1.165, 1.54) is 75.3 Å². The molecule has 1 fully saturated rings. The van der Waals surface area contributed by atoms with E-state index in [1.54, 1.807) is 6.92 Å². The molecule has 0 saturated heterocycles. The number of amides is 1. The number of carbonyl (C=O) groups excluding carboxylic acids is 1. The topological polar surface area (TPSA) is 29.1 Å². The van der Waals surface area contributed by atoms with Gasteiger partial charge in [-0.05, 0) is 54.7 Å². The molecule has 2 nitrogen and oxygen atoms in total. The molecule has 6 rings (SSSR count). The Morgan fingerprint density at radius 1 is 0.875 bits per heavy atom. The van der Waals surface area contributed by atoms with Crippen molar-refractivity contribution in [1.82, 2.24) is 0 Å². The van der Waals surface area contributed by atoms with Gasteiger partial charge in [-0.1, -0.05) is 63.5 Å². The van der Waals surface area contributed by atoms with Crippen LogP contribution in [0.4, 0.5) is 5.69 Å². The van der Waals surface area contributed by atoms with Crippen LogP contribution >= 0.6 is 0 Å². The van der Waals surface area contributed by atoms with Crippen LogP contribution in [0, 0.1) is 11.8 Å². The number of carbonyl (C=O) groups is 1. The highest BCUT2D eigenvalue weighted by Crippen LogP contribution is 2.35. The Morgan fingerprint density at radius 3 is 2.12 bits per heavy atom. The molecule has 0 radical (unpaired) electrons. The highest BCUT2D eigenvalue weighted by molar-refractivity contribution is 5.89. The zero-order valence-corrected chi connectivity index (χ0v) is 15.3. The zero-order chi connectivity index (χ0) is 16.8. The van der Waals surface area contributed by atoms with E-state index >= 15 is 0 Å². The maximum absolute atomic E-state index is 11.5. The Kier molecular flexibility index (Phi) is 6.34. The SMILES string of the molecule is CC(=O)Nc1cc2ccc1CCCCC1CCC(CCCC2)CC1. The van der Waals surface area contributed by atoms with Crippen molar-refractivity contribution in [3.63, 3.8) is 0 Å². The van der Waals surface area contributed by atoms with Crippen molar-refractivity contribution in [3.8, 4) is 0 Å². The second-order valence-corrected chi connectivity index (χ2v) is 8.05. The quantitative estimate of drug-likeness (QED) is 0.684. The van der Waals surface area contributed by atoms with Gasteiger partial charge in [-0.3, -0.25) is 4.79 Å². The van der Waals surface area contributed by atoms with E-state index in [2.05, 4.69) is 23.5 Å². The van der Waals surface area contributed by atoms with Gasteiger partial charge in [0.2, 0.25) is 5.91 Å². The molecule has 1 N–H and O–H groups in total. The van der Waals surface area contributed by atoms with Gasteiger partial charge in [0.25, 0.3) is 0 Å². The second-order valence-electron chi connectivity index (χ2n) is 8.05. The Hall–Kier alpha value is -1.31. The van der Waals surface area contributed by atoms with E-state index in [1.807, 2.05) is 0 Å². The van der Waals surface area contributed by atoms with E-state index in [-0.39, 0.29) is 5.91 Å². The molecule has 1 aromatic carbocycles. The van der Waals surface area contributed by atoms with Crippen molar-refractivity contribution in [1.29, 1.82) is 0 Å². The molecule has 0 unspecified atom stereocenters. The zero-order valence-electron chi connectivity index (χ0n) is 15.3. The highest BCUT2D eigenvalue weighted by atomic mass is 16.1. The van der Waals surface area contributed by atoms with Gasteiger partial charge in [-0.15, -0.1) is 0 Å². The van der Waals surface area contributed by atoms with Crippen LogP contribution < -0.4 is 5.32 Å². The van der Waals surface area contributed by atoms with E-state index in [0.29, 0.717) is 0 Å². The standard InChI is InChI=1S/C22H33NO/c1-17(24)23-22-16-20-8-3-2-6-18-10-12-19(13-11-18)7-4-5-9-21(22)15-14-20/h14-16,18-19H,2-13H2,1H3,(H,23,24). The molecule has 132 valence electrons. The fourth-order valence-corrected chi connectivity index (χ4v) is 4.62. The average Bonchev–Trinajstić information content (AvgIpc) is 2.56. The first-order valence-electron chi connectivity index (χ1n) is 10.1. The minimum Gasteiger partial charge on any atom is -0.326 e. The van der Waals surface area contributed by atoms with Crippen LogP contribution in [0.5, 0.6) is 0 Å². The van der Waals surface area contributed by atoms with Gasteiger partial charge in [0.15, 0.2) is 0 Å². The maximum Gasteiger partial charge on any atom is 0.221 e. The first-order chi connectivity index (χ1) is 11.7. The van der Waals surface area contributed by atoms with Crippen molar-refractivity contribution in [2.24, 2.45) is 11.8 Å². The lowest BCUT2D eigenvalue weighted by Gasteiger charge is -2.28. The summed E-state index contributed by atoms with van der Waals surface area (Å²) < 4.78 is 0. The molecule has 0 atom stereocenters. The van der Waals surface area contributed by atoms with Crippen molar-refractivity contribution in [3.05, 3.63) is 29.3 Å². The molecule has 0 spiro atoms. The molecule has 1 saturated carbocycles. The number of aryl methyl sites for hydroxylation is 2. The Labute approximate surface area is 147 Å². The minimum atomic E-state index is 0.0418. The molecule has 5 aliphatic rings. The minimum absolute atomic E-state index is 0.0418. The van der Waals surface area contributed by atoms with Gasteiger partial charge in [0, 0.05) is 12.6 Å². The lowest BCUT2D eigenvalue weighted by Crippen LogP contribution is -2.15. The summed E-state index contributed by atoms with van der Waals surface area (Å²) in [7, 11) is 0. The van der Waals surface area contributed by atoms with Crippen molar-refractivity contribution in [2.75, 3.05) is 5.32 Å².